The topological polar surface area (TPSA) is 60.9 Å². The van der Waals surface area contributed by atoms with Crippen LogP contribution in [0.3, 0.4) is 0 Å². The molecule has 8 rings (SSSR count). The molecule has 0 unspecified atom stereocenters. The first-order valence-electron chi connectivity index (χ1n) is 12.2. The second-order valence-corrected chi connectivity index (χ2v) is 12.0. The van der Waals surface area contributed by atoms with Crippen LogP contribution in [-0.4, -0.2) is 29.4 Å². The van der Waals surface area contributed by atoms with E-state index in [1.165, 1.54) is 44.2 Å². The van der Waals surface area contributed by atoms with Crippen molar-refractivity contribution in [2.24, 2.45) is 23.2 Å². The number of aromatic nitrogens is 6. The quantitative estimate of drug-likeness (QED) is 0.275. The predicted molar refractivity (Wildman–Crippen MR) is 135 cm³/mol. The summed E-state index contributed by atoms with van der Waals surface area (Å²) in [5.74, 6) is 3.56. The zero-order valence-electron chi connectivity index (χ0n) is 19.1. The normalized spacial score (nSPS) is 27.7. The lowest BCUT2D eigenvalue weighted by molar-refractivity contribution is -0.0638. The van der Waals surface area contributed by atoms with E-state index >= 15 is 0 Å². The fourth-order valence-electron chi connectivity index (χ4n) is 7.51. The Hall–Kier alpha value is -2.25. The van der Waals surface area contributed by atoms with Gasteiger partial charge in [0.1, 0.15) is 4.60 Å². The van der Waals surface area contributed by atoms with E-state index in [-0.39, 0.29) is 0 Å². The Kier molecular flexibility index (Phi) is 4.72. The van der Waals surface area contributed by atoms with Gasteiger partial charge < -0.3 is 0 Å². The van der Waals surface area contributed by atoms with Crippen LogP contribution in [0.2, 0.25) is 5.02 Å². The van der Waals surface area contributed by atoms with Crippen molar-refractivity contribution in [1.82, 2.24) is 29.4 Å². The SMILES string of the molecule is Cc1c(-c2ccn3c(-c4ccc(Br)nc4)nnc3c2Cl)cnn1CC12CC3CC(CC(C3)C1)C2. The summed E-state index contributed by atoms with van der Waals surface area (Å²) in [4.78, 5) is 4.31. The molecule has 6 nitrogen and oxygen atoms in total. The second kappa shape index (κ2) is 7.62. The van der Waals surface area contributed by atoms with E-state index < -0.39 is 0 Å². The highest BCUT2D eigenvalue weighted by Crippen LogP contribution is 2.60. The first-order valence-corrected chi connectivity index (χ1v) is 13.3. The average Bonchev–Trinajstić information content (AvgIpc) is 3.38. The van der Waals surface area contributed by atoms with Gasteiger partial charge in [0.2, 0.25) is 0 Å². The largest absolute Gasteiger partial charge is 0.281 e. The molecule has 0 amide bonds. The van der Waals surface area contributed by atoms with Crippen molar-refractivity contribution >= 4 is 33.2 Å². The summed E-state index contributed by atoms with van der Waals surface area (Å²) in [6, 6.07) is 5.91. The molecule has 0 aromatic carbocycles. The summed E-state index contributed by atoms with van der Waals surface area (Å²) in [6.45, 7) is 3.21. The van der Waals surface area contributed by atoms with Gasteiger partial charge in [-0.25, -0.2) is 4.98 Å². The van der Waals surface area contributed by atoms with E-state index in [1.807, 2.05) is 35.0 Å². The van der Waals surface area contributed by atoms with Gasteiger partial charge in [-0.05, 0) is 103 Å². The Bertz CT molecular complexity index is 1370. The van der Waals surface area contributed by atoms with Gasteiger partial charge in [0, 0.05) is 41.3 Å². The minimum absolute atomic E-state index is 0.442. The molecule has 34 heavy (non-hydrogen) atoms. The monoisotopic (exact) mass is 536 g/mol. The van der Waals surface area contributed by atoms with Crippen molar-refractivity contribution in [3.63, 3.8) is 0 Å². The van der Waals surface area contributed by atoms with Gasteiger partial charge in [0.05, 0.1) is 11.2 Å². The lowest BCUT2D eigenvalue weighted by Gasteiger charge is -2.56. The van der Waals surface area contributed by atoms with Crippen molar-refractivity contribution in [3.05, 3.63) is 52.1 Å². The van der Waals surface area contributed by atoms with Crippen molar-refractivity contribution < 1.29 is 0 Å². The standard InChI is InChI=1S/C26H26BrClN6/c1-15-21(13-30-34(15)14-26-9-16-6-17(10-26)8-18(7-16)11-26)20-4-5-33-24(31-32-25(33)23(20)28)19-2-3-22(27)29-12-19/h2-5,12-13,16-18H,6-11,14H2,1H3. The van der Waals surface area contributed by atoms with Crippen LogP contribution in [0.15, 0.2) is 41.4 Å². The Morgan fingerprint density at radius 2 is 1.74 bits per heavy atom. The molecular formula is C26H26BrClN6. The fourth-order valence-corrected chi connectivity index (χ4v) is 8.04. The van der Waals surface area contributed by atoms with E-state index in [1.54, 1.807) is 6.20 Å². The molecule has 0 aliphatic heterocycles. The van der Waals surface area contributed by atoms with E-state index in [9.17, 15) is 0 Å². The molecule has 4 saturated carbocycles. The molecule has 4 aliphatic carbocycles. The van der Waals surface area contributed by atoms with Crippen molar-refractivity contribution in [2.75, 3.05) is 0 Å². The molecule has 0 saturated heterocycles. The molecule has 4 aliphatic rings. The number of fused-ring (bicyclic) bond motifs is 1. The zero-order chi connectivity index (χ0) is 23.0. The number of hydrogen-bond acceptors (Lipinski definition) is 4. The van der Waals surface area contributed by atoms with E-state index in [0.29, 0.717) is 16.1 Å². The van der Waals surface area contributed by atoms with Crippen LogP contribution in [0.25, 0.3) is 28.2 Å². The number of rotatable bonds is 4. The summed E-state index contributed by atoms with van der Waals surface area (Å²) in [6.07, 6.45) is 14.3. The van der Waals surface area contributed by atoms with Gasteiger partial charge >= 0.3 is 0 Å². The molecule has 8 heteroatoms. The molecule has 4 bridgehead atoms. The summed E-state index contributed by atoms with van der Waals surface area (Å²) >= 11 is 10.3. The Balaban J connectivity index is 1.22. The van der Waals surface area contributed by atoms with E-state index in [4.69, 9.17) is 16.7 Å². The zero-order valence-corrected chi connectivity index (χ0v) is 21.4. The maximum absolute atomic E-state index is 6.90. The number of pyridine rings is 2. The van der Waals surface area contributed by atoms with Gasteiger partial charge in [0.15, 0.2) is 11.5 Å². The van der Waals surface area contributed by atoms with E-state index in [2.05, 4.69) is 42.7 Å². The molecule has 0 N–H and O–H groups in total. The number of nitrogens with zero attached hydrogens (tertiary/aromatic N) is 6. The molecule has 174 valence electrons. The summed E-state index contributed by atoms with van der Waals surface area (Å²) in [5.41, 5.74) is 5.18. The van der Waals surface area contributed by atoms with E-state index in [0.717, 1.165) is 51.4 Å². The Morgan fingerprint density at radius 3 is 2.41 bits per heavy atom. The summed E-state index contributed by atoms with van der Waals surface area (Å²) < 4.78 is 4.95. The summed E-state index contributed by atoms with van der Waals surface area (Å²) in [5, 5.41) is 14.2. The van der Waals surface area contributed by atoms with Crippen LogP contribution >= 0.6 is 27.5 Å². The number of halogens is 2. The third-order valence-electron chi connectivity index (χ3n) is 8.55. The molecule has 0 radical (unpaired) electrons. The lowest BCUT2D eigenvalue weighted by atomic mass is 9.49. The van der Waals surface area contributed by atoms with Crippen LogP contribution in [0, 0.1) is 30.1 Å². The average molecular weight is 538 g/mol. The van der Waals surface area contributed by atoms with Crippen LogP contribution in [0.5, 0.6) is 0 Å². The van der Waals surface area contributed by atoms with Crippen LogP contribution in [-0.2, 0) is 6.54 Å². The second-order valence-electron chi connectivity index (χ2n) is 10.8. The van der Waals surface area contributed by atoms with Crippen LogP contribution in [0.4, 0.5) is 0 Å². The van der Waals surface area contributed by atoms with Gasteiger partial charge in [-0.2, -0.15) is 5.10 Å². The third-order valence-corrected chi connectivity index (χ3v) is 9.39. The van der Waals surface area contributed by atoms with Crippen molar-refractivity contribution in [1.29, 1.82) is 0 Å². The van der Waals surface area contributed by atoms with Crippen LogP contribution < -0.4 is 0 Å². The molecule has 4 aromatic heterocycles. The maximum atomic E-state index is 6.90. The smallest absolute Gasteiger partial charge is 0.180 e. The minimum Gasteiger partial charge on any atom is -0.281 e. The van der Waals surface area contributed by atoms with Crippen molar-refractivity contribution in [3.8, 4) is 22.5 Å². The highest BCUT2D eigenvalue weighted by molar-refractivity contribution is 9.10. The lowest BCUT2D eigenvalue weighted by Crippen LogP contribution is -2.48. The van der Waals surface area contributed by atoms with Gasteiger partial charge in [-0.1, -0.05) is 11.6 Å². The molecule has 0 atom stereocenters. The Labute approximate surface area is 211 Å². The summed E-state index contributed by atoms with van der Waals surface area (Å²) in [7, 11) is 0. The molecular weight excluding hydrogens is 512 g/mol. The van der Waals surface area contributed by atoms with Gasteiger partial charge in [-0.15, -0.1) is 10.2 Å². The Morgan fingerprint density at radius 1 is 1.00 bits per heavy atom. The molecule has 4 aromatic rings. The third kappa shape index (κ3) is 3.27. The van der Waals surface area contributed by atoms with Crippen LogP contribution in [0.1, 0.15) is 44.2 Å². The number of hydrogen-bond donors (Lipinski definition) is 0. The first-order chi connectivity index (χ1) is 16.5. The molecule has 4 fully saturated rings. The highest BCUT2D eigenvalue weighted by Gasteiger charge is 2.51. The molecule has 0 spiro atoms. The maximum Gasteiger partial charge on any atom is 0.180 e. The molecule has 4 heterocycles. The van der Waals surface area contributed by atoms with Gasteiger partial charge in [-0.3, -0.25) is 9.08 Å². The fraction of sp³-hybridized carbons (Fsp3) is 0.462. The minimum atomic E-state index is 0.442. The predicted octanol–water partition coefficient (Wildman–Crippen LogP) is 6.60. The van der Waals surface area contributed by atoms with Gasteiger partial charge in [0.25, 0.3) is 0 Å². The highest BCUT2D eigenvalue weighted by atomic mass is 79.9. The van der Waals surface area contributed by atoms with Crippen molar-refractivity contribution in [2.45, 2.75) is 52.0 Å². The first kappa shape index (κ1) is 21.1.